The SMILES string of the molecule is O=c1[nH]c(-c2ccc([N+](=O)[O-])cc2)nc(C2CC2)c1Br. The fourth-order valence-electron chi connectivity index (χ4n) is 1.98. The predicted molar refractivity (Wildman–Crippen MR) is 76.6 cm³/mol. The van der Waals surface area contributed by atoms with Crippen LogP contribution >= 0.6 is 15.9 Å². The van der Waals surface area contributed by atoms with Crippen LogP contribution in [0, 0.1) is 10.1 Å². The molecule has 0 aliphatic heterocycles. The number of benzene rings is 1. The van der Waals surface area contributed by atoms with Gasteiger partial charge < -0.3 is 4.98 Å². The van der Waals surface area contributed by atoms with E-state index < -0.39 is 4.92 Å². The summed E-state index contributed by atoms with van der Waals surface area (Å²) >= 11 is 3.26. The van der Waals surface area contributed by atoms with Crippen LogP contribution < -0.4 is 5.56 Å². The summed E-state index contributed by atoms with van der Waals surface area (Å²) in [4.78, 5) is 29.2. The molecule has 1 aromatic carbocycles. The van der Waals surface area contributed by atoms with Crippen molar-refractivity contribution in [1.82, 2.24) is 9.97 Å². The van der Waals surface area contributed by atoms with Gasteiger partial charge in [-0.05, 0) is 40.9 Å². The maximum Gasteiger partial charge on any atom is 0.269 e. The normalized spacial score (nSPS) is 14.2. The van der Waals surface area contributed by atoms with Crippen LogP contribution in [0.5, 0.6) is 0 Å². The molecule has 0 amide bonds. The zero-order valence-electron chi connectivity index (χ0n) is 10.3. The van der Waals surface area contributed by atoms with E-state index in [0.717, 1.165) is 18.5 Å². The Labute approximate surface area is 122 Å². The van der Waals surface area contributed by atoms with Crippen molar-refractivity contribution in [3.63, 3.8) is 0 Å². The van der Waals surface area contributed by atoms with Gasteiger partial charge in [0.05, 0.1) is 10.6 Å². The Hall–Kier alpha value is -2.02. The lowest BCUT2D eigenvalue weighted by atomic mass is 10.2. The summed E-state index contributed by atoms with van der Waals surface area (Å²) in [6, 6.07) is 5.96. The van der Waals surface area contributed by atoms with Crippen LogP contribution in [-0.2, 0) is 0 Å². The first-order valence-corrected chi connectivity index (χ1v) is 6.90. The van der Waals surface area contributed by atoms with E-state index in [9.17, 15) is 14.9 Å². The first-order valence-electron chi connectivity index (χ1n) is 6.11. The first-order chi connectivity index (χ1) is 9.56. The molecular formula is C13H10BrN3O3. The van der Waals surface area contributed by atoms with Crippen molar-refractivity contribution in [2.24, 2.45) is 0 Å². The van der Waals surface area contributed by atoms with Gasteiger partial charge in [0.25, 0.3) is 11.2 Å². The van der Waals surface area contributed by atoms with E-state index in [4.69, 9.17) is 0 Å². The molecule has 0 saturated heterocycles. The van der Waals surface area contributed by atoms with Crippen molar-refractivity contribution in [2.75, 3.05) is 0 Å². The highest BCUT2D eigenvalue weighted by Gasteiger charge is 2.29. The standard InChI is InChI=1S/C13H10BrN3O3/c14-10-11(7-1-2-7)15-12(16-13(10)18)8-3-5-9(6-4-8)17(19)20/h3-7H,1-2H2,(H,15,16,18). The maximum atomic E-state index is 11.9. The number of nitrogens with one attached hydrogen (secondary N) is 1. The minimum atomic E-state index is -0.461. The minimum absolute atomic E-state index is 0.00984. The highest BCUT2D eigenvalue weighted by atomic mass is 79.9. The van der Waals surface area contributed by atoms with Crippen LogP contribution in [0.4, 0.5) is 5.69 Å². The number of non-ortho nitro benzene ring substituents is 1. The molecule has 1 saturated carbocycles. The van der Waals surface area contributed by atoms with Gasteiger partial charge in [-0.1, -0.05) is 0 Å². The third-order valence-corrected chi connectivity index (χ3v) is 3.97. The average Bonchev–Trinajstić information content (AvgIpc) is 3.26. The molecule has 1 heterocycles. The Morgan fingerprint density at radius 2 is 1.95 bits per heavy atom. The molecule has 1 N–H and O–H groups in total. The third kappa shape index (κ3) is 2.36. The fourth-order valence-corrected chi connectivity index (χ4v) is 2.49. The number of halogens is 1. The van der Waals surface area contributed by atoms with Crippen molar-refractivity contribution < 1.29 is 4.92 Å². The second-order valence-electron chi connectivity index (χ2n) is 4.69. The number of hydrogen-bond donors (Lipinski definition) is 1. The molecule has 7 heteroatoms. The summed E-state index contributed by atoms with van der Waals surface area (Å²) < 4.78 is 0.477. The highest BCUT2D eigenvalue weighted by Crippen LogP contribution is 2.41. The number of nitro groups is 1. The zero-order valence-corrected chi connectivity index (χ0v) is 11.9. The minimum Gasteiger partial charge on any atom is -0.306 e. The van der Waals surface area contributed by atoms with Gasteiger partial charge in [0.2, 0.25) is 0 Å². The highest BCUT2D eigenvalue weighted by molar-refractivity contribution is 9.10. The number of nitro benzene ring substituents is 1. The van der Waals surface area contributed by atoms with E-state index in [-0.39, 0.29) is 11.2 Å². The second-order valence-corrected chi connectivity index (χ2v) is 5.49. The quantitative estimate of drug-likeness (QED) is 0.689. The molecule has 0 spiro atoms. The van der Waals surface area contributed by atoms with E-state index in [1.807, 2.05) is 0 Å². The Kier molecular flexibility index (Phi) is 3.13. The lowest BCUT2D eigenvalue weighted by molar-refractivity contribution is -0.384. The fraction of sp³-hybridized carbons (Fsp3) is 0.231. The van der Waals surface area contributed by atoms with Crippen molar-refractivity contribution in [3.8, 4) is 11.4 Å². The second kappa shape index (κ2) is 4.82. The number of aromatic nitrogens is 2. The summed E-state index contributed by atoms with van der Waals surface area (Å²) in [6.07, 6.45) is 2.07. The summed E-state index contributed by atoms with van der Waals surface area (Å²) in [5.74, 6) is 0.776. The lowest BCUT2D eigenvalue weighted by Crippen LogP contribution is -2.13. The molecule has 1 aliphatic rings. The van der Waals surface area contributed by atoms with Crippen LogP contribution in [0.1, 0.15) is 24.5 Å². The molecule has 0 atom stereocenters. The van der Waals surface area contributed by atoms with Gasteiger partial charge in [0.1, 0.15) is 10.3 Å². The van der Waals surface area contributed by atoms with Gasteiger partial charge in [0.15, 0.2) is 0 Å². The molecule has 0 bridgehead atoms. The van der Waals surface area contributed by atoms with Crippen molar-refractivity contribution in [1.29, 1.82) is 0 Å². The molecule has 0 radical (unpaired) electrons. The Morgan fingerprint density at radius 1 is 1.30 bits per heavy atom. The summed E-state index contributed by atoms with van der Waals surface area (Å²) in [6.45, 7) is 0. The molecule has 1 aliphatic carbocycles. The number of aromatic amines is 1. The van der Waals surface area contributed by atoms with Gasteiger partial charge in [-0.3, -0.25) is 14.9 Å². The van der Waals surface area contributed by atoms with Crippen molar-refractivity contribution in [2.45, 2.75) is 18.8 Å². The van der Waals surface area contributed by atoms with Gasteiger partial charge >= 0.3 is 0 Å². The molecule has 1 aromatic heterocycles. The monoisotopic (exact) mass is 335 g/mol. The summed E-state index contributed by atoms with van der Waals surface area (Å²) in [7, 11) is 0. The first kappa shape index (κ1) is 13.0. The van der Waals surface area contributed by atoms with Crippen LogP contribution in [0.15, 0.2) is 33.5 Å². The third-order valence-electron chi connectivity index (χ3n) is 3.20. The van der Waals surface area contributed by atoms with E-state index in [0.29, 0.717) is 21.8 Å². The van der Waals surface area contributed by atoms with Crippen LogP contribution in [0.2, 0.25) is 0 Å². The number of H-pyrrole nitrogens is 1. The molecule has 3 rings (SSSR count). The van der Waals surface area contributed by atoms with E-state index in [2.05, 4.69) is 25.9 Å². The molecule has 2 aromatic rings. The molecule has 0 unspecified atom stereocenters. The average molecular weight is 336 g/mol. The Balaban J connectivity index is 2.05. The van der Waals surface area contributed by atoms with Crippen LogP contribution in [0.3, 0.4) is 0 Å². The largest absolute Gasteiger partial charge is 0.306 e. The van der Waals surface area contributed by atoms with Crippen molar-refractivity contribution in [3.05, 3.63) is 54.9 Å². The Bertz CT molecular complexity index is 736. The van der Waals surface area contributed by atoms with Gasteiger partial charge in [-0.2, -0.15) is 0 Å². The molecule has 20 heavy (non-hydrogen) atoms. The summed E-state index contributed by atoms with van der Waals surface area (Å²) in [5.41, 5.74) is 1.20. The molecule has 6 nitrogen and oxygen atoms in total. The van der Waals surface area contributed by atoms with E-state index >= 15 is 0 Å². The molecular weight excluding hydrogens is 326 g/mol. The predicted octanol–water partition coefficient (Wildman–Crippen LogP) is 2.99. The van der Waals surface area contributed by atoms with Crippen LogP contribution in [-0.4, -0.2) is 14.9 Å². The molecule has 102 valence electrons. The van der Waals surface area contributed by atoms with E-state index in [1.54, 1.807) is 12.1 Å². The number of nitrogens with zero attached hydrogens (tertiary/aromatic N) is 2. The Morgan fingerprint density at radius 3 is 2.50 bits per heavy atom. The number of hydrogen-bond acceptors (Lipinski definition) is 4. The smallest absolute Gasteiger partial charge is 0.269 e. The summed E-state index contributed by atoms with van der Waals surface area (Å²) in [5, 5.41) is 10.6. The van der Waals surface area contributed by atoms with Gasteiger partial charge in [-0.25, -0.2) is 4.98 Å². The van der Waals surface area contributed by atoms with Crippen molar-refractivity contribution >= 4 is 21.6 Å². The van der Waals surface area contributed by atoms with Gasteiger partial charge in [0, 0.05) is 23.6 Å². The number of rotatable bonds is 3. The lowest BCUT2D eigenvalue weighted by Gasteiger charge is -2.05. The zero-order chi connectivity index (χ0) is 14.3. The van der Waals surface area contributed by atoms with E-state index in [1.165, 1.54) is 12.1 Å². The van der Waals surface area contributed by atoms with Crippen LogP contribution in [0.25, 0.3) is 11.4 Å². The maximum absolute atomic E-state index is 11.9. The van der Waals surface area contributed by atoms with Gasteiger partial charge in [-0.15, -0.1) is 0 Å². The topological polar surface area (TPSA) is 88.9 Å². The molecule has 1 fully saturated rings.